The lowest BCUT2D eigenvalue weighted by Crippen LogP contribution is -2.37. The van der Waals surface area contributed by atoms with E-state index >= 15 is 0 Å². The first-order valence-electron chi connectivity index (χ1n) is 4.98. The zero-order valence-electron chi connectivity index (χ0n) is 8.75. The molecule has 1 aromatic rings. The molecular weight excluding hydrogens is 228 g/mol. The minimum Gasteiger partial charge on any atom is -0.478 e. The van der Waals surface area contributed by atoms with Crippen LogP contribution in [-0.4, -0.2) is 28.6 Å². The monoisotopic (exact) mass is 238 g/mol. The minimum absolute atomic E-state index is 0.109. The lowest BCUT2D eigenvalue weighted by Gasteiger charge is -2.24. The number of nitrogens with zero attached hydrogens (tertiary/aromatic N) is 1. The fourth-order valence-corrected chi connectivity index (χ4v) is 1.55. The van der Waals surface area contributed by atoms with E-state index in [2.05, 4.69) is 5.32 Å². The van der Waals surface area contributed by atoms with Gasteiger partial charge in [-0.05, 0) is 6.07 Å². The van der Waals surface area contributed by atoms with Crippen LogP contribution >= 0.6 is 0 Å². The van der Waals surface area contributed by atoms with Crippen molar-refractivity contribution in [2.45, 2.75) is 12.5 Å². The number of amides is 1. The van der Waals surface area contributed by atoms with Crippen LogP contribution in [0.4, 0.5) is 11.4 Å². The number of benzene rings is 1. The van der Waals surface area contributed by atoms with Gasteiger partial charge in [0.05, 0.1) is 16.7 Å². The molecule has 0 aromatic heterocycles. The number of anilines is 1. The van der Waals surface area contributed by atoms with Gasteiger partial charge in [-0.25, -0.2) is 0 Å². The maximum Gasteiger partial charge on any atom is 0.273 e. The minimum atomic E-state index is -0.811. The third kappa shape index (κ3) is 2.18. The predicted molar refractivity (Wildman–Crippen MR) is 57.8 cm³/mol. The second kappa shape index (κ2) is 4.38. The molecule has 90 valence electrons. The largest absolute Gasteiger partial charge is 0.478 e. The Kier molecular flexibility index (Phi) is 2.92. The quantitative estimate of drug-likeness (QED) is 0.595. The van der Waals surface area contributed by atoms with E-state index in [4.69, 9.17) is 9.84 Å². The number of nitro benzene ring substituents is 1. The Morgan fingerprint density at radius 2 is 2.29 bits per heavy atom. The number of aliphatic hydroxyl groups excluding tert-OH is 1. The van der Waals surface area contributed by atoms with Crippen LogP contribution in [0.15, 0.2) is 18.2 Å². The van der Waals surface area contributed by atoms with Crippen molar-refractivity contribution < 1.29 is 19.6 Å². The normalized spacial score (nSPS) is 17.9. The number of non-ortho nitro benzene ring substituents is 1. The van der Waals surface area contributed by atoms with Crippen LogP contribution < -0.4 is 10.1 Å². The van der Waals surface area contributed by atoms with Crippen LogP contribution in [0.1, 0.15) is 6.42 Å². The highest BCUT2D eigenvalue weighted by atomic mass is 16.6. The van der Waals surface area contributed by atoms with Crippen LogP contribution in [0.2, 0.25) is 0 Å². The first kappa shape index (κ1) is 11.3. The zero-order chi connectivity index (χ0) is 12.4. The van der Waals surface area contributed by atoms with Crippen LogP contribution in [0.5, 0.6) is 5.75 Å². The average molecular weight is 238 g/mol. The Morgan fingerprint density at radius 3 is 2.94 bits per heavy atom. The number of rotatable bonds is 3. The summed E-state index contributed by atoms with van der Waals surface area (Å²) in [5.41, 5.74) is 0.289. The average Bonchev–Trinajstić information content (AvgIpc) is 2.29. The Hall–Kier alpha value is -2.15. The molecule has 1 aliphatic rings. The Morgan fingerprint density at radius 1 is 1.53 bits per heavy atom. The molecule has 0 radical (unpaired) electrons. The number of nitrogens with one attached hydrogen (secondary N) is 1. The molecule has 0 saturated heterocycles. The van der Waals surface area contributed by atoms with Crippen LogP contribution in [-0.2, 0) is 4.79 Å². The molecular formula is C10H10N2O5. The SMILES string of the molecule is O=C1Nc2ccc([N+](=O)[O-])cc2O[C@@H]1CCO. The van der Waals surface area contributed by atoms with Gasteiger partial charge in [0.2, 0.25) is 0 Å². The summed E-state index contributed by atoms with van der Waals surface area (Å²) in [6, 6.07) is 3.95. The highest BCUT2D eigenvalue weighted by molar-refractivity contribution is 5.97. The van der Waals surface area contributed by atoms with Gasteiger partial charge in [-0.15, -0.1) is 0 Å². The zero-order valence-corrected chi connectivity index (χ0v) is 8.75. The molecule has 0 saturated carbocycles. The molecule has 1 heterocycles. The van der Waals surface area contributed by atoms with Crippen molar-refractivity contribution in [3.8, 4) is 5.75 Å². The van der Waals surface area contributed by atoms with Crippen LogP contribution in [0.25, 0.3) is 0 Å². The van der Waals surface area contributed by atoms with Crippen LogP contribution in [0, 0.1) is 10.1 Å². The van der Waals surface area contributed by atoms with Crippen molar-refractivity contribution in [2.75, 3.05) is 11.9 Å². The summed E-state index contributed by atoms with van der Waals surface area (Å²) < 4.78 is 5.30. The molecule has 0 fully saturated rings. The fraction of sp³-hybridized carbons (Fsp3) is 0.300. The van der Waals surface area contributed by atoms with E-state index in [9.17, 15) is 14.9 Å². The van der Waals surface area contributed by atoms with Crippen molar-refractivity contribution >= 4 is 17.3 Å². The number of ether oxygens (including phenoxy) is 1. The molecule has 7 heteroatoms. The number of hydrogen-bond acceptors (Lipinski definition) is 5. The van der Waals surface area contributed by atoms with Crippen molar-refractivity contribution in [1.29, 1.82) is 0 Å². The van der Waals surface area contributed by atoms with E-state index in [0.717, 1.165) is 0 Å². The Labute approximate surface area is 96.2 Å². The van der Waals surface area contributed by atoms with Gasteiger partial charge in [0.15, 0.2) is 11.9 Å². The van der Waals surface area contributed by atoms with Crippen molar-refractivity contribution in [2.24, 2.45) is 0 Å². The second-order valence-electron chi connectivity index (χ2n) is 3.55. The summed E-state index contributed by atoms with van der Waals surface area (Å²) in [4.78, 5) is 21.5. The molecule has 1 amide bonds. The van der Waals surface area contributed by atoms with E-state index in [1.54, 1.807) is 0 Å². The van der Waals surface area contributed by atoms with Crippen molar-refractivity contribution in [3.05, 3.63) is 28.3 Å². The lowest BCUT2D eigenvalue weighted by atomic mass is 10.1. The van der Waals surface area contributed by atoms with Crippen molar-refractivity contribution in [3.63, 3.8) is 0 Å². The molecule has 1 atom stereocenters. The number of nitro groups is 1. The van der Waals surface area contributed by atoms with Crippen LogP contribution in [0.3, 0.4) is 0 Å². The third-order valence-corrected chi connectivity index (χ3v) is 2.39. The maximum atomic E-state index is 11.5. The molecule has 2 rings (SSSR count). The van der Waals surface area contributed by atoms with Gasteiger partial charge in [0, 0.05) is 19.1 Å². The molecule has 2 N–H and O–H groups in total. The summed E-state index contributed by atoms with van der Waals surface area (Å²) >= 11 is 0. The number of hydrogen-bond donors (Lipinski definition) is 2. The summed E-state index contributed by atoms with van der Waals surface area (Å²) in [7, 11) is 0. The molecule has 7 nitrogen and oxygen atoms in total. The van der Waals surface area contributed by atoms with E-state index in [1.807, 2.05) is 0 Å². The summed E-state index contributed by atoms with van der Waals surface area (Å²) in [5, 5.41) is 21.9. The molecule has 0 bridgehead atoms. The predicted octanol–water partition coefficient (Wildman–Crippen LogP) is 0.677. The van der Waals surface area contributed by atoms with Gasteiger partial charge in [0.1, 0.15) is 0 Å². The lowest BCUT2D eigenvalue weighted by molar-refractivity contribution is -0.384. The van der Waals surface area contributed by atoms with Gasteiger partial charge in [-0.2, -0.15) is 0 Å². The molecule has 0 unspecified atom stereocenters. The van der Waals surface area contributed by atoms with Gasteiger partial charge in [0.25, 0.3) is 11.6 Å². The Bertz CT molecular complexity index is 474. The fourth-order valence-electron chi connectivity index (χ4n) is 1.55. The van der Waals surface area contributed by atoms with E-state index in [1.165, 1.54) is 18.2 Å². The first-order valence-corrected chi connectivity index (χ1v) is 4.98. The Balaban J connectivity index is 2.30. The summed E-state index contributed by atoms with van der Waals surface area (Å²) in [6.45, 7) is -0.192. The standard InChI is InChI=1S/C10H10N2O5/c13-4-3-8-10(14)11-7-2-1-6(12(15)16)5-9(7)17-8/h1-2,5,8,13H,3-4H2,(H,11,14)/t8-/m1/s1. The smallest absolute Gasteiger partial charge is 0.273 e. The van der Waals surface area contributed by atoms with Gasteiger partial charge >= 0.3 is 0 Å². The number of carbonyl (C=O) groups is 1. The molecule has 0 spiro atoms. The third-order valence-electron chi connectivity index (χ3n) is 2.39. The van der Waals surface area contributed by atoms with Gasteiger partial charge < -0.3 is 15.2 Å². The molecule has 17 heavy (non-hydrogen) atoms. The highest BCUT2D eigenvalue weighted by Crippen LogP contribution is 2.33. The van der Waals surface area contributed by atoms with E-state index in [0.29, 0.717) is 5.69 Å². The van der Waals surface area contributed by atoms with E-state index < -0.39 is 11.0 Å². The molecule has 1 aromatic carbocycles. The second-order valence-corrected chi connectivity index (χ2v) is 3.55. The molecule has 1 aliphatic heterocycles. The topological polar surface area (TPSA) is 102 Å². The summed E-state index contributed by atoms with van der Waals surface area (Å²) in [6.07, 6.45) is -0.664. The first-order chi connectivity index (χ1) is 8.11. The summed E-state index contributed by atoms with van der Waals surface area (Å²) in [5.74, 6) is -0.113. The number of carbonyl (C=O) groups excluding carboxylic acids is 1. The highest BCUT2D eigenvalue weighted by Gasteiger charge is 2.28. The van der Waals surface area contributed by atoms with Crippen molar-refractivity contribution in [1.82, 2.24) is 0 Å². The number of fused-ring (bicyclic) bond motifs is 1. The molecule has 0 aliphatic carbocycles. The van der Waals surface area contributed by atoms with E-state index in [-0.39, 0.29) is 30.4 Å². The van der Waals surface area contributed by atoms with Gasteiger partial charge in [-0.3, -0.25) is 14.9 Å². The maximum absolute atomic E-state index is 11.5. The van der Waals surface area contributed by atoms with Gasteiger partial charge in [-0.1, -0.05) is 0 Å². The number of aliphatic hydroxyl groups is 1.